The van der Waals surface area contributed by atoms with Crippen LogP contribution in [0.2, 0.25) is 0 Å². The third-order valence-electron chi connectivity index (χ3n) is 4.77. The predicted octanol–water partition coefficient (Wildman–Crippen LogP) is 2.33. The summed E-state index contributed by atoms with van der Waals surface area (Å²) in [5, 5.41) is 6.57. The van der Waals surface area contributed by atoms with E-state index >= 15 is 0 Å². The van der Waals surface area contributed by atoms with Gasteiger partial charge < -0.3 is 15.4 Å². The fourth-order valence-corrected chi connectivity index (χ4v) is 3.40. The van der Waals surface area contributed by atoms with Gasteiger partial charge >= 0.3 is 0 Å². The molecule has 4 nitrogen and oxygen atoms in total. The summed E-state index contributed by atoms with van der Waals surface area (Å²) in [5.41, 5.74) is 2.41. The number of carbonyl (C=O) groups is 1. The maximum atomic E-state index is 12.5. The Bertz CT molecular complexity index is 494. The van der Waals surface area contributed by atoms with Gasteiger partial charge in [-0.2, -0.15) is 0 Å². The fraction of sp³-hybridized carbons (Fsp3) is 0.611. The number of carbonyl (C=O) groups excluding carboxylic acids is 1. The summed E-state index contributed by atoms with van der Waals surface area (Å²) in [6, 6.07) is 8.56. The number of piperidine rings is 1. The summed E-state index contributed by atoms with van der Waals surface area (Å²) in [6.45, 7) is 4.75. The van der Waals surface area contributed by atoms with Crippen LogP contribution in [0, 0.1) is 12.8 Å². The molecule has 1 aromatic carbocycles. The van der Waals surface area contributed by atoms with E-state index < -0.39 is 0 Å². The van der Waals surface area contributed by atoms with Crippen molar-refractivity contribution in [3.63, 3.8) is 0 Å². The van der Waals surface area contributed by atoms with E-state index in [1.165, 1.54) is 11.1 Å². The Labute approximate surface area is 132 Å². The highest BCUT2D eigenvalue weighted by Crippen LogP contribution is 2.29. The van der Waals surface area contributed by atoms with E-state index in [1.54, 1.807) is 0 Å². The van der Waals surface area contributed by atoms with Crippen molar-refractivity contribution in [2.24, 2.45) is 5.92 Å². The highest BCUT2D eigenvalue weighted by Gasteiger charge is 2.31. The smallest absolute Gasteiger partial charge is 0.223 e. The second-order valence-corrected chi connectivity index (χ2v) is 6.48. The van der Waals surface area contributed by atoms with E-state index in [1.807, 2.05) is 0 Å². The highest BCUT2D eigenvalue weighted by molar-refractivity contribution is 5.79. The molecule has 2 unspecified atom stereocenters. The van der Waals surface area contributed by atoms with E-state index in [-0.39, 0.29) is 24.0 Å². The van der Waals surface area contributed by atoms with Gasteiger partial charge in [0.15, 0.2) is 0 Å². The summed E-state index contributed by atoms with van der Waals surface area (Å²) in [4.78, 5) is 12.5. The molecule has 2 fully saturated rings. The van der Waals surface area contributed by atoms with Gasteiger partial charge in [0, 0.05) is 12.5 Å². The number of aryl methyl sites for hydroxylation is 1. The number of rotatable bonds is 3. The van der Waals surface area contributed by atoms with Crippen molar-refractivity contribution in [2.45, 2.75) is 44.8 Å². The van der Waals surface area contributed by atoms with Crippen LogP contribution in [0.15, 0.2) is 24.3 Å². The number of ether oxygens (including phenoxy) is 1. The predicted molar refractivity (Wildman–Crippen MR) is 86.6 cm³/mol. The van der Waals surface area contributed by atoms with Crippen LogP contribution in [0.3, 0.4) is 0 Å². The monoisotopic (exact) mass is 302 g/mol. The van der Waals surface area contributed by atoms with E-state index in [4.69, 9.17) is 4.74 Å². The van der Waals surface area contributed by atoms with E-state index in [0.29, 0.717) is 0 Å². The molecule has 2 heterocycles. The molecule has 120 valence electrons. The molecule has 0 spiro atoms. The Kier molecular flexibility index (Phi) is 5.11. The molecule has 0 bridgehead atoms. The molecule has 0 aromatic heterocycles. The molecular formula is C18H26N2O2. The van der Waals surface area contributed by atoms with Crippen molar-refractivity contribution in [1.29, 1.82) is 0 Å². The summed E-state index contributed by atoms with van der Waals surface area (Å²) >= 11 is 0. The minimum absolute atomic E-state index is 0.0139. The van der Waals surface area contributed by atoms with Gasteiger partial charge in [-0.05, 0) is 51.3 Å². The SMILES string of the molecule is Cc1ccc(C2OCCCC2NC(=O)C2CCNCC2)cc1. The van der Waals surface area contributed by atoms with E-state index in [9.17, 15) is 4.79 Å². The van der Waals surface area contributed by atoms with Gasteiger partial charge in [0.25, 0.3) is 0 Å². The Morgan fingerprint density at radius 2 is 1.91 bits per heavy atom. The molecule has 2 aliphatic rings. The van der Waals surface area contributed by atoms with Gasteiger partial charge in [-0.25, -0.2) is 0 Å². The molecular weight excluding hydrogens is 276 g/mol. The fourth-order valence-electron chi connectivity index (χ4n) is 3.40. The molecule has 3 rings (SSSR count). The normalized spacial score (nSPS) is 26.6. The largest absolute Gasteiger partial charge is 0.371 e. The molecule has 2 N–H and O–H groups in total. The lowest BCUT2D eigenvalue weighted by molar-refractivity contribution is -0.128. The van der Waals surface area contributed by atoms with Gasteiger partial charge in [-0.15, -0.1) is 0 Å². The number of amides is 1. The van der Waals surface area contributed by atoms with Gasteiger partial charge in [-0.1, -0.05) is 29.8 Å². The zero-order chi connectivity index (χ0) is 15.4. The van der Waals surface area contributed by atoms with Crippen LogP contribution in [-0.2, 0) is 9.53 Å². The first kappa shape index (κ1) is 15.5. The molecule has 0 radical (unpaired) electrons. The lowest BCUT2D eigenvalue weighted by Gasteiger charge is -2.34. The maximum absolute atomic E-state index is 12.5. The van der Waals surface area contributed by atoms with Crippen LogP contribution in [0.4, 0.5) is 0 Å². The quantitative estimate of drug-likeness (QED) is 0.901. The second-order valence-electron chi connectivity index (χ2n) is 6.48. The average Bonchev–Trinajstić information content (AvgIpc) is 2.57. The standard InChI is InChI=1S/C18H26N2O2/c1-13-4-6-14(7-5-13)17-16(3-2-12-22-17)20-18(21)15-8-10-19-11-9-15/h4-7,15-17,19H,2-3,8-12H2,1H3,(H,20,21). The summed E-state index contributed by atoms with van der Waals surface area (Å²) in [5.74, 6) is 0.357. The third-order valence-corrected chi connectivity index (χ3v) is 4.77. The first-order valence-electron chi connectivity index (χ1n) is 8.43. The van der Waals surface area contributed by atoms with Crippen molar-refractivity contribution in [3.8, 4) is 0 Å². The van der Waals surface area contributed by atoms with Crippen LogP contribution in [0.5, 0.6) is 0 Å². The first-order chi connectivity index (χ1) is 10.7. The van der Waals surface area contributed by atoms with Gasteiger partial charge in [-0.3, -0.25) is 4.79 Å². The molecule has 2 atom stereocenters. The van der Waals surface area contributed by atoms with Crippen LogP contribution in [0.1, 0.15) is 42.9 Å². The Morgan fingerprint density at radius 1 is 1.18 bits per heavy atom. The topological polar surface area (TPSA) is 50.4 Å². The zero-order valence-electron chi connectivity index (χ0n) is 13.3. The van der Waals surface area contributed by atoms with Gasteiger partial charge in [0.05, 0.1) is 6.04 Å². The third kappa shape index (κ3) is 3.68. The van der Waals surface area contributed by atoms with Crippen molar-refractivity contribution in [3.05, 3.63) is 35.4 Å². The van der Waals surface area contributed by atoms with Gasteiger partial charge in [0.1, 0.15) is 6.10 Å². The zero-order valence-corrected chi connectivity index (χ0v) is 13.3. The molecule has 4 heteroatoms. The first-order valence-corrected chi connectivity index (χ1v) is 8.43. The molecule has 0 aliphatic carbocycles. The second kappa shape index (κ2) is 7.25. The number of nitrogens with one attached hydrogen (secondary N) is 2. The molecule has 2 saturated heterocycles. The van der Waals surface area contributed by atoms with Crippen LogP contribution in [0.25, 0.3) is 0 Å². The summed E-state index contributed by atoms with van der Waals surface area (Å²) < 4.78 is 5.98. The molecule has 1 amide bonds. The lowest BCUT2D eigenvalue weighted by atomic mass is 9.93. The van der Waals surface area contributed by atoms with Crippen LogP contribution < -0.4 is 10.6 Å². The van der Waals surface area contributed by atoms with Crippen molar-refractivity contribution < 1.29 is 9.53 Å². The molecule has 1 aromatic rings. The Hall–Kier alpha value is -1.39. The van der Waals surface area contributed by atoms with E-state index in [0.717, 1.165) is 45.4 Å². The number of hydrogen-bond acceptors (Lipinski definition) is 3. The Balaban J connectivity index is 1.66. The molecule has 0 saturated carbocycles. The summed E-state index contributed by atoms with van der Waals surface area (Å²) in [7, 11) is 0. The van der Waals surface area contributed by atoms with Crippen molar-refractivity contribution >= 4 is 5.91 Å². The van der Waals surface area contributed by atoms with Crippen LogP contribution >= 0.6 is 0 Å². The van der Waals surface area contributed by atoms with Crippen molar-refractivity contribution in [1.82, 2.24) is 10.6 Å². The average molecular weight is 302 g/mol. The number of hydrogen-bond donors (Lipinski definition) is 2. The molecule has 2 aliphatic heterocycles. The van der Waals surface area contributed by atoms with Gasteiger partial charge in [0.2, 0.25) is 5.91 Å². The molecule has 22 heavy (non-hydrogen) atoms. The maximum Gasteiger partial charge on any atom is 0.223 e. The van der Waals surface area contributed by atoms with Crippen LogP contribution in [-0.4, -0.2) is 31.6 Å². The number of benzene rings is 1. The lowest BCUT2D eigenvalue weighted by Crippen LogP contribution is -2.47. The van der Waals surface area contributed by atoms with Crippen molar-refractivity contribution in [2.75, 3.05) is 19.7 Å². The summed E-state index contributed by atoms with van der Waals surface area (Å²) in [6.07, 6.45) is 3.87. The minimum Gasteiger partial charge on any atom is -0.371 e. The Morgan fingerprint density at radius 3 is 2.64 bits per heavy atom. The minimum atomic E-state index is -0.0139. The highest BCUT2D eigenvalue weighted by atomic mass is 16.5. The van der Waals surface area contributed by atoms with E-state index in [2.05, 4.69) is 41.8 Å².